The van der Waals surface area contributed by atoms with Crippen molar-refractivity contribution in [2.75, 3.05) is 31.6 Å². The third kappa shape index (κ3) is 2.26. The van der Waals surface area contributed by atoms with Crippen molar-refractivity contribution in [2.24, 2.45) is 0 Å². The molecule has 2 aliphatic rings. The van der Waals surface area contributed by atoms with Crippen LogP contribution in [0.25, 0.3) is 0 Å². The molecule has 1 aromatic rings. The van der Waals surface area contributed by atoms with E-state index in [0.717, 1.165) is 18.5 Å². The molecule has 1 atom stereocenters. The number of anilines is 1. The van der Waals surface area contributed by atoms with Gasteiger partial charge in [-0.05, 0) is 25.1 Å². The van der Waals surface area contributed by atoms with E-state index in [1.165, 1.54) is 6.07 Å². The molecule has 1 unspecified atom stereocenters. The van der Waals surface area contributed by atoms with Crippen LogP contribution in [-0.2, 0) is 11.3 Å². The molecule has 108 valence electrons. The van der Waals surface area contributed by atoms with Crippen molar-refractivity contribution in [3.63, 3.8) is 0 Å². The number of rotatable bonds is 3. The SMILES string of the molecule is CNCc1cccc(F)c1N1CCN2C(=O)CCC2C1. The van der Waals surface area contributed by atoms with Gasteiger partial charge in [-0.2, -0.15) is 0 Å². The Balaban J connectivity index is 1.85. The lowest BCUT2D eigenvalue weighted by Gasteiger charge is -2.39. The zero-order valence-corrected chi connectivity index (χ0v) is 11.7. The van der Waals surface area contributed by atoms with Crippen LogP contribution < -0.4 is 10.2 Å². The first kappa shape index (κ1) is 13.4. The summed E-state index contributed by atoms with van der Waals surface area (Å²) in [7, 11) is 1.86. The van der Waals surface area contributed by atoms with Crippen molar-refractivity contribution in [2.45, 2.75) is 25.4 Å². The molecule has 2 aliphatic heterocycles. The molecule has 3 rings (SSSR count). The number of nitrogens with one attached hydrogen (secondary N) is 1. The Morgan fingerprint density at radius 1 is 1.40 bits per heavy atom. The highest BCUT2D eigenvalue weighted by Gasteiger charge is 2.36. The molecule has 2 fully saturated rings. The van der Waals surface area contributed by atoms with Gasteiger partial charge in [-0.3, -0.25) is 4.79 Å². The van der Waals surface area contributed by atoms with E-state index in [-0.39, 0.29) is 17.8 Å². The van der Waals surface area contributed by atoms with E-state index in [1.807, 2.05) is 18.0 Å². The van der Waals surface area contributed by atoms with Crippen LogP contribution in [0.3, 0.4) is 0 Å². The van der Waals surface area contributed by atoms with Crippen molar-refractivity contribution in [1.29, 1.82) is 0 Å². The Kier molecular flexibility index (Phi) is 3.61. The van der Waals surface area contributed by atoms with Gasteiger partial charge in [-0.15, -0.1) is 0 Å². The second kappa shape index (κ2) is 5.40. The van der Waals surface area contributed by atoms with E-state index in [2.05, 4.69) is 10.2 Å². The van der Waals surface area contributed by atoms with E-state index in [4.69, 9.17) is 0 Å². The topological polar surface area (TPSA) is 35.6 Å². The standard InChI is InChI=1S/C15H20FN3O/c1-17-9-11-3-2-4-13(16)15(11)18-7-8-19-12(10-18)5-6-14(19)20/h2-4,12,17H,5-10H2,1H3. The summed E-state index contributed by atoms with van der Waals surface area (Å²) in [6.07, 6.45) is 1.53. The molecule has 0 bridgehead atoms. The van der Waals surface area contributed by atoms with Gasteiger partial charge in [-0.25, -0.2) is 4.39 Å². The van der Waals surface area contributed by atoms with Gasteiger partial charge in [0.25, 0.3) is 0 Å². The summed E-state index contributed by atoms with van der Waals surface area (Å²) < 4.78 is 14.2. The third-order valence-electron chi connectivity index (χ3n) is 4.25. The highest BCUT2D eigenvalue weighted by atomic mass is 19.1. The summed E-state index contributed by atoms with van der Waals surface area (Å²) in [6, 6.07) is 5.47. The van der Waals surface area contributed by atoms with Crippen LogP contribution in [0.5, 0.6) is 0 Å². The molecule has 2 heterocycles. The highest BCUT2D eigenvalue weighted by Crippen LogP contribution is 2.30. The molecule has 2 saturated heterocycles. The average Bonchev–Trinajstić information content (AvgIpc) is 2.80. The van der Waals surface area contributed by atoms with Crippen molar-refractivity contribution in [3.8, 4) is 0 Å². The minimum Gasteiger partial charge on any atom is -0.365 e. The van der Waals surface area contributed by atoms with Crippen LogP contribution in [0.1, 0.15) is 18.4 Å². The van der Waals surface area contributed by atoms with Gasteiger partial charge < -0.3 is 15.1 Å². The van der Waals surface area contributed by atoms with Gasteiger partial charge in [0, 0.05) is 38.6 Å². The molecule has 0 radical (unpaired) electrons. The van der Waals surface area contributed by atoms with Gasteiger partial charge >= 0.3 is 0 Å². The molecule has 0 saturated carbocycles. The van der Waals surface area contributed by atoms with Gasteiger partial charge in [0.1, 0.15) is 5.82 Å². The second-order valence-corrected chi connectivity index (χ2v) is 5.50. The number of fused-ring (bicyclic) bond motifs is 1. The molecule has 0 aromatic heterocycles. The third-order valence-corrected chi connectivity index (χ3v) is 4.25. The maximum Gasteiger partial charge on any atom is 0.223 e. The molecular weight excluding hydrogens is 257 g/mol. The minimum absolute atomic E-state index is 0.171. The summed E-state index contributed by atoms with van der Waals surface area (Å²) in [5.74, 6) is 0.0779. The molecule has 1 amide bonds. The summed E-state index contributed by atoms with van der Waals surface area (Å²) in [4.78, 5) is 15.8. The van der Waals surface area contributed by atoms with E-state index >= 15 is 0 Å². The second-order valence-electron chi connectivity index (χ2n) is 5.50. The molecule has 0 aliphatic carbocycles. The Morgan fingerprint density at radius 2 is 2.25 bits per heavy atom. The van der Waals surface area contributed by atoms with E-state index in [9.17, 15) is 9.18 Å². The summed E-state index contributed by atoms with van der Waals surface area (Å²) >= 11 is 0. The van der Waals surface area contributed by atoms with Gasteiger partial charge in [0.05, 0.1) is 5.69 Å². The number of amides is 1. The quantitative estimate of drug-likeness (QED) is 0.906. The van der Waals surface area contributed by atoms with Gasteiger partial charge in [0.15, 0.2) is 0 Å². The predicted molar refractivity (Wildman–Crippen MR) is 76.1 cm³/mol. The minimum atomic E-state index is -0.171. The normalized spacial score (nSPS) is 22.3. The van der Waals surface area contributed by atoms with E-state index in [1.54, 1.807) is 6.07 Å². The maximum atomic E-state index is 14.2. The van der Waals surface area contributed by atoms with Gasteiger partial charge in [0.2, 0.25) is 5.91 Å². The van der Waals surface area contributed by atoms with Crippen LogP contribution in [0.15, 0.2) is 18.2 Å². The molecule has 5 heteroatoms. The number of hydrogen-bond donors (Lipinski definition) is 1. The van der Waals surface area contributed by atoms with Crippen LogP contribution in [0.2, 0.25) is 0 Å². The first-order valence-corrected chi connectivity index (χ1v) is 7.17. The lowest BCUT2D eigenvalue weighted by atomic mass is 10.1. The van der Waals surface area contributed by atoms with E-state index < -0.39 is 0 Å². The predicted octanol–water partition coefficient (Wildman–Crippen LogP) is 1.36. The summed E-state index contributed by atoms with van der Waals surface area (Å²) in [5.41, 5.74) is 1.67. The molecular formula is C15H20FN3O. The molecule has 0 spiro atoms. The van der Waals surface area contributed by atoms with Crippen LogP contribution in [0.4, 0.5) is 10.1 Å². The lowest BCUT2D eigenvalue weighted by molar-refractivity contribution is -0.129. The first-order valence-electron chi connectivity index (χ1n) is 7.17. The van der Waals surface area contributed by atoms with Crippen LogP contribution in [-0.4, -0.2) is 43.5 Å². The molecule has 1 N–H and O–H groups in total. The smallest absolute Gasteiger partial charge is 0.223 e. The zero-order chi connectivity index (χ0) is 14.1. The van der Waals surface area contributed by atoms with E-state index in [0.29, 0.717) is 31.7 Å². The lowest BCUT2D eigenvalue weighted by Crippen LogP contribution is -2.52. The van der Waals surface area contributed by atoms with Crippen molar-refractivity contribution >= 4 is 11.6 Å². The monoisotopic (exact) mass is 277 g/mol. The van der Waals surface area contributed by atoms with Crippen molar-refractivity contribution in [1.82, 2.24) is 10.2 Å². The fourth-order valence-corrected chi connectivity index (χ4v) is 3.31. The number of benzene rings is 1. The fraction of sp³-hybridized carbons (Fsp3) is 0.533. The maximum absolute atomic E-state index is 14.2. The highest BCUT2D eigenvalue weighted by molar-refractivity contribution is 5.79. The molecule has 20 heavy (non-hydrogen) atoms. The Hall–Kier alpha value is -1.62. The average molecular weight is 277 g/mol. The summed E-state index contributed by atoms with van der Waals surface area (Å²) in [5, 5.41) is 3.09. The number of hydrogen-bond acceptors (Lipinski definition) is 3. The Bertz CT molecular complexity index is 520. The number of carbonyl (C=O) groups excluding carboxylic acids is 1. The van der Waals surface area contributed by atoms with Crippen LogP contribution >= 0.6 is 0 Å². The molecule has 4 nitrogen and oxygen atoms in total. The Morgan fingerprint density at radius 3 is 3.05 bits per heavy atom. The number of piperazine rings is 1. The number of halogens is 1. The first-order chi connectivity index (χ1) is 9.70. The number of carbonyl (C=O) groups is 1. The van der Waals surface area contributed by atoms with Crippen LogP contribution in [0, 0.1) is 5.82 Å². The van der Waals surface area contributed by atoms with Gasteiger partial charge in [-0.1, -0.05) is 12.1 Å². The Labute approximate surface area is 118 Å². The number of nitrogens with zero attached hydrogens (tertiary/aromatic N) is 2. The fourth-order valence-electron chi connectivity index (χ4n) is 3.31. The number of para-hydroxylation sites is 1. The van der Waals surface area contributed by atoms with Crippen molar-refractivity contribution < 1.29 is 9.18 Å². The summed E-state index contributed by atoms with van der Waals surface area (Å²) in [6.45, 7) is 2.80. The van der Waals surface area contributed by atoms with Crippen molar-refractivity contribution in [3.05, 3.63) is 29.6 Å². The largest absolute Gasteiger partial charge is 0.365 e. The molecule has 1 aromatic carbocycles. The zero-order valence-electron chi connectivity index (χ0n) is 11.7.